The van der Waals surface area contributed by atoms with Gasteiger partial charge in [-0.2, -0.15) is 0 Å². The van der Waals surface area contributed by atoms with Gasteiger partial charge in [-0.25, -0.2) is 4.98 Å². The average Bonchev–Trinajstić information content (AvgIpc) is 2.74. The van der Waals surface area contributed by atoms with Crippen molar-refractivity contribution in [3.8, 4) is 5.82 Å². The Kier molecular flexibility index (Phi) is 4.16. The van der Waals surface area contributed by atoms with Crippen LogP contribution in [0.5, 0.6) is 0 Å². The summed E-state index contributed by atoms with van der Waals surface area (Å²) in [5, 5.41) is 0. The monoisotopic (exact) mass is 269 g/mol. The van der Waals surface area contributed by atoms with Crippen molar-refractivity contribution in [1.29, 1.82) is 0 Å². The first-order valence-corrected chi connectivity index (χ1v) is 7.65. The molecule has 20 heavy (non-hydrogen) atoms. The Morgan fingerprint density at radius 2 is 1.80 bits per heavy atom. The standard InChI is InChI=1S/C17H23N3/c1-15-8-6-10-17(18-15)20-13-7-9-16(20)14-19-11-4-2-3-5-12-19/h6-10,13H,2-5,11-12,14H2,1H3. The fourth-order valence-corrected chi connectivity index (χ4v) is 2.95. The van der Waals surface area contributed by atoms with Crippen molar-refractivity contribution in [2.45, 2.75) is 39.2 Å². The summed E-state index contributed by atoms with van der Waals surface area (Å²) in [6.45, 7) is 5.53. The summed E-state index contributed by atoms with van der Waals surface area (Å²) < 4.78 is 2.22. The summed E-state index contributed by atoms with van der Waals surface area (Å²) >= 11 is 0. The molecule has 0 saturated carbocycles. The molecule has 3 rings (SSSR count). The smallest absolute Gasteiger partial charge is 0.137 e. The normalized spacial score (nSPS) is 17.1. The van der Waals surface area contributed by atoms with Gasteiger partial charge in [0.25, 0.3) is 0 Å². The number of likely N-dealkylation sites (tertiary alicyclic amines) is 1. The van der Waals surface area contributed by atoms with Crippen LogP contribution in [0, 0.1) is 6.92 Å². The highest BCUT2D eigenvalue weighted by molar-refractivity contribution is 5.29. The third kappa shape index (κ3) is 3.10. The molecule has 1 saturated heterocycles. The highest BCUT2D eigenvalue weighted by Gasteiger charge is 2.12. The summed E-state index contributed by atoms with van der Waals surface area (Å²) in [5.74, 6) is 1.03. The van der Waals surface area contributed by atoms with Crippen LogP contribution >= 0.6 is 0 Å². The Bertz CT molecular complexity index is 551. The van der Waals surface area contributed by atoms with Crippen molar-refractivity contribution in [1.82, 2.24) is 14.5 Å². The van der Waals surface area contributed by atoms with Crippen molar-refractivity contribution in [3.05, 3.63) is 47.9 Å². The first-order valence-electron chi connectivity index (χ1n) is 7.65. The van der Waals surface area contributed by atoms with Gasteiger partial charge in [-0.15, -0.1) is 0 Å². The Labute approximate surface area is 121 Å². The van der Waals surface area contributed by atoms with Gasteiger partial charge in [-0.1, -0.05) is 18.9 Å². The fourth-order valence-electron chi connectivity index (χ4n) is 2.95. The van der Waals surface area contributed by atoms with E-state index in [0.29, 0.717) is 0 Å². The SMILES string of the molecule is Cc1cccc(-n2cccc2CN2CCCCCC2)n1. The highest BCUT2D eigenvalue weighted by Crippen LogP contribution is 2.16. The molecular weight excluding hydrogens is 246 g/mol. The summed E-state index contributed by atoms with van der Waals surface area (Å²) in [6, 6.07) is 10.5. The van der Waals surface area contributed by atoms with E-state index in [4.69, 9.17) is 0 Å². The number of rotatable bonds is 3. The first-order chi connectivity index (χ1) is 9.83. The molecule has 0 bridgehead atoms. The fraction of sp³-hybridized carbons (Fsp3) is 0.471. The lowest BCUT2D eigenvalue weighted by Gasteiger charge is -2.20. The number of hydrogen-bond acceptors (Lipinski definition) is 2. The van der Waals surface area contributed by atoms with E-state index in [1.807, 2.05) is 13.0 Å². The van der Waals surface area contributed by atoms with Crippen LogP contribution in [0.1, 0.15) is 37.1 Å². The van der Waals surface area contributed by atoms with Crippen LogP contribution in [0.3, 0.4) is 0 Å². The molecule has 1 aliphatic heterocycles. The molecule has 1 aliphatic rings. The van der Waals surface area contributed by atoms with Gasteiger partial charge in [0.15, 0.2) is 0 Å². The first kappa shape index (κ1) is 13.4. The van der Waals surface area contributed by atoms with E-state index in [2.05, 4.69) is 44.9 Å². The molecule has 3 heterocycles. The molecule has 3 nitrogen and oxygen atoms in total. The predicted octanol–water partition coefficient (Wildman–Crippen LogP) is 3.56. The maximum absolute atomic E-state index is 4.63. The molecule has 0 aromatic carbocycles. The molecule has 0 amide bonds. The zero-order valence-corrected chi connectivity index (χ0v) is 12.3. The van der Waals surface area contributed by atoms with Gasteiger partial charge >= 0.3 is 0 Å². The maximum Gasteiger partial charge on any atom is 0.137 e. The molecule has 0 unspecified atom stereocenters. The number of pyridine rings is 1. The number of nitrogens with zero attached hydrogens (tertiary/aromatic N) is 3. The summed E-state index contributed by atoms with van der Waals surface area (Å²) in [6.07, 6.45) is 7.57. The zero-order chi connectivity index (χ0) is 13.8. The van der Waals surface area contributed by atoms with Crippen molar-refractivity contribution < 1.29 is 0 Å². The Balaban J connectivity index is 1.79. The average molecular weight is 269 g/mol. The molecule has 0 atom stereocenters. The third-order valence-electron chi connectivity index (χ3n) is 4.04. The van der Waals surface area contributed by atoms with Crippen molar-refractivity contribution in [2.24, 2.45) is 0 Å². The largest absolute Gasteiger partial charge is 0.304 e. The van der Waals surface area contributed by atoms with E-state index in [-0.39, 0.29) is 0 Å². The Hall–Kier alpha value is -1.61. The second-order valence-electron chi connectivity index (χ2n) is 5.70. The molecule has 0 aliphatic carbocycles. The van der Waals surface area contributed by atoms with Crippen LogP contribution in [0.25, 0.3) is 5.82 Å². The van der Waals surface area contributed by atoms with E-state index >= 15 is 0 Å². The molecular formula is C17H23N3. The maximum atomic E-state index is 4.63. The number of aryl methyl sites for hydroxylation is 1. The summed E-state index contributed by atoms with van der Waals surface area (Å²) in [5.41, 5.74) is 2.40. The minimum absolute atomic E-state index is 1.03. The van der Waals surface area contributed by atoms with Crippen LogP contribution in [-0.4, -0.2) is 27.5 Å². The Morgan fingerprint density at radius 3 is 2.55 bits per heavy atom. The third-order valence-corrected chi connectivity index (χ3v) is 4.04. The van der Waals surface area contributed by atoms with Gasteiger partial charge in [0.1, 0.15) is 5.82 Å². The Morgan fingerprint density at radius 1 is 1.00 bits per heavy atom. The van der Waals surface area contributed by atoms with Crippen LogP contribution in [-0.2, 0) is 6.54 Å². The molecule has 0 spiro atoms. The van der Waals surface area contributed by atoms with E-state index in [9.17, 15) is 0 Å². The lowest BCUT2D eigenvalue weighted by atomic mass is 10.2. The predicted molar refractivity (Wildman–Crippen MR) is 82.0 cm³/mol. The minimum Gasteiger partial charge on any atom is -0.304 e. The lowest BCUT2D eigenvalue weighted by molar-refractivity contribution is 0.272. The summed E-state index contributed by atoms with van der Waals surface area (Å²) in [4.78, 5) is 7.21. The zero-order valence-electron chi connectivity index (χ0n) is 12.3. The van der Waals surface area contributed by atoms with Gasteiger partial charge in [0, 0.05) is 24.1 Å². The van der Waals surface area contributed by atoms with Gasteiger partial charge in [-0.05, 0) is 57.1 Å². The van der Waals surface area contributed by atoms with Gasteiger partial charge in [0.05, 0.1) is 0 Å². The van der Waals surface area contributed by atoms with Crippen LogP contribution < -0.4 is 0 Å². The topological polar surface area (TPSA) is 21.1 Å². The van der Waals surface area contributed by atoms with Crippen LogP contribution in [0.4, 0.5) is 0 Å². The summed E-state index contributed by atoms with van der Waals surface area (Å²) in [7, 11) is 0. The molecule has 2 aromatic heterocycles. The highest BCUT2D eigenvalue weighted by atomic mass is 15.2. The van der Waals surface area contributed by atoms with Gasteiger partial charge in [0.2, 0.25) is 0 Å². The molecule has 1 fully saturated rings. The van der Waals surface area contributed by atoms with E-state index in [1.54, 1.807) is 0 Å². The number of aromatic nitrogens is 2. The van der Waals surface area contributed by atoms with E-state index in [0.717, 1.165) is 18.1 Å². The number of hydrogen-bond donors (Lipinski definition) is 0. The molecule has 106 valence electrons. The van der Waals surface area contributed by atoms with Crippen molar-refractivity contribution >= 4 is 0 Å². The van der Waals surface area contributed by atoms with Crippen molar-refractivity contribution in [2.75, 3.05) is 13.1 Å². The van der Waals surface area contributed by atoms with E-state index < -0.39 is 0 Å². The van der Waals surface area contributed by atoms with Crippen LogP contribution in [0.2, 0.25) is 0 Å². The molecule has 2 aromatic rings. The molecule has 0 N–H and O–H groups in total. The molecule has 3 heteroatoms. The lowest BCUT2D eigenvalue weighted by Crippen LogP contribution is -2.25. The quantitative estimate of drug-likeness (QED) is 0.849. The minimum atomic E-state index is 1.03. The van der Waals surface area contributed by atoms with Crippen molar-refractivity contribution in [3.63, 3.8) is 0 Å². The van der Waals surface area contributed by atoms with Gasteiger partial charge < -0.3 is 4.57 Å². The van der Waals surface area contributed by atoms with Gasteiger partial charge in [-0.3, -0.25) is 4.90 Å². The van der Waals surface area contributed by atoms with E-state index in [1.165, 1.54) is 44.5 Å². The second kappa shape index (κ2) is 6.23. The van der Waals surface area contributed by atoms with Crippen LogP contribution in [0.15, 0.2) is 36.5 Å². The molecule has 0 radical (unpaired) electrons. The second-order valence-corrected chi connectivity index (χ2v) is 5.70.